The van der Waals surface area contributed by atoms with E-state index in [1.807, 2.05) is 0 Å². The Labute approximate surface area is 181 Å². The van der Waals surface area contributed by atoms with Crippen molar-refractivity contribution >= 4 is 22.7 Å². The molecule has 4 aromatic rings. The Kier molecular flexibility index (Phi) is 5.90. The fraction of sp³-hybridized carbons (Fsp3) is 0.130. The number of ether oxygens (including phenoxy) is 2. The van der Waals surface area contributed by atoms with Crippen molar-refractivity contribution in [3.63, 3.8) is 0 Å². The highest BCUT2D eigenvalue weighted by Gasteiger charge is 2.18. The first-order chi connectivity index (χ1) is 15.0. The Balaban J connectivity index is 1.89. The molecule has 0 spiro atoms. The lowest BCUT2D eigenvalue weighted by Gasteiger charge is -2.17. The summed E-state index contributed by atoms with van der Waals surface area (Å²) in [6.07, 6.45) is 0. The number of rotatable bonds is 6. The topological polar surface area (TPSA) is 53.4 Å². The van der Waals surface area contributed by atoms with Gasteiger partial charge >= 0.3 is 0 Å². The van der Waals surface area contributed by atoms with Crippen LogP contribution in [0.2, 0.25) is 0 Å². The molecule has 0 bridgehead atoms. The molecule has 4 rings (SSSR count). The second-order valence-corrected chi connectivity index (χ2v) is 7.56. The second kappa shape index (κ2) is 8.77. The van der Waals surface area contributed by atoms with Gasteiger partial charge in [0.15, 0.2) is 5.16 Å². The maximum atomic E-state index is 14.1. The molecule has 0 aliphatic heterocycles. The Bertz CT molecular complexity index is 1320. The molecular weight excluding hydrogens is 422 g/mol. The predicted octanol–water partition coefficient (Wildman–Crippen LogP) is 4.97. The van der Waals surface area contributed by atoms with Gasteiger partial charge in [-0.05, 0) is 35.9 Å². The Morgan fingerprint density at radius 3 is 2.55 bits per heavy atom. The lowest BCUT2D eigenvalue weighted by atomic mass is 10.2. The molecular formula is C23H18F2N2O3S. The van der Waals surface area contributed by atoms with Gasteiger partial charge in [0.1, 0.15) is 23.1 Å². The van der Waals surface area contributed by atoms with Crippen LogP contribution in [0.3, 0.4) is 0 Å². The number of para-hydroxylation sites is 1. The first kappa shape index (κ1) is 20.9. The lowest BCUT2D eigenvalue weighted by Crippen LogP contribution is -2.22. The van der Waals surface area contributed by atoms with E-state index in [0.717, 1.165) is 6.07 Å². The van der Waals surface area contributed by atoms with E-state index in [0.29, 0.717) is 38.8 Å². The zero-order valence-electron chi connectivity index (χ0n) is 16.8. The van der Waals surface area contributed by atoms with Gasteiger partial charge in [-0.3, -0.25) is 9.36 Å². The molecule has 0 saturated heterocycles. The van der Waals surface area contributed by atoms with Gasteiger partial charge in [0.25, 0.3) is 5.56 Å². The van der Waals surface area contributed by atoms with Gasteiger partial charge in [0, 0.05) is 17.9 Å². The predicted molar refractivity (Wildman–Crippen MR) is 116 cm³/mol. The number of aromatic nitrogens is 2. The highest BCUT2D eigenvalue weighted by Crippen LogP contribution is 2.32. The van der Waals surface area contributed by atoms with Crippen LogP contribution in [0.15, 0.2) is 70.6 Å². The first-order valence-electron chi connectivity index (χ1n) is 9.32. The number of halogens is 2. The molecule has 0 fully saturated rings. The van der Waals surface area contributed by atoms with Gasteiger partial charge in [-0.1, -0.05) is 30.0 Å². The highest BCUT2D eigenvalue weighted by atomic mass is 32.2. The van der Waals surface area contributed by atoms with E-state index < -0.39 is 11.6 Å². The van der Waals surface area contributed by atoms with Crippen molar-refractivity contribution in [3.8, 4) is 17.2 Å². The third-order valence-electron chi connectivity index (χ3n) is 4.74. The van der Waals surface area contributed by atoms with E-state index >= 15 is 0 Å². The van der Waals surface area contributed by atoms with Gasteiger partial charge in [-0.25, -0.2) is 13.8 Å². The molecule has 0 amide bonds. The molecule has 0 unspecified atom stereocenters. The summed E-state index contributed by atoms with van der Waals surface area (Å²) in [5.74, 6) is -0.149. The fourth-order valence-corrected chi connectivity index (χ4v) is 4.17. The van der Waals surface area contributed by atoms with Crippen LogP contribution in [-0.2, 0) is 5.75 Å². The monoisotopic (exact) mass is 440 g/mol. The number of methoxy groups -OCH3 is 2. The summed E-state index contributed by atoms with van der Waals surface area (Å²) in [4.78, 5) is 18.1. The van der Waals surface area contributed by atoms with E-state index in [1.165, 1.54) is 42.7 Å². The largest absolute Gasteiger partial charge is 0.497 e. The maximum Gasteiger partial charge on any atom is 0.266 e. The molecule has 8 heteroatoms. The van der Waals surface area contributed by atoms with E-state index in [9.17, 15) is 13.6 Å². The van der Waals surface area contributed by atoms with Crippen molar-refractivity contribution in [3.05, 3.63) is 88.2 Å². The van der Waals surface area contributed by atoms with Crippen LogP contribution < -0.4 is 15.0 Å². The average molecular weight is 440 g/mol. The molecule has 0 radical (unpaired) electrons. The molecule has 0 aliphatic carbocycles. The molecule has 5 nitrogen and oxygen atoms in total. The second-order valence-electron chi connectivity index (χ2n) is 6.61. The Hall–Kier alpha value is -3.39. The minimum Gasteiger partial charge on any atom is -0.497 e. The zero-order valence-corrected chi connectivity index (χ0v) is 17.6. The van der Waals surface area contributed by atoms with Crippen LogP contribution in [0.4, 0.5) is 8.78 Å². The van der Waals surface area contributed by atoms with Crippen LogP contribution >= 0.6 is 11.8 Å². The van der Waals surface area contributed by atoms with Crippen molar-refractivity contribution in [1.82, 2.24) is 9.55 Å². The van der Waals surface area contributed by atoms with Crippen LogP contribution in [0.25, 0.3) is 16.6 Å². The number of thioether (sulfide) groups is 1. The summed E-state index contributed by atoms with van der Waals surface area (Å²) < 4.78 is 39.6. The van der Waals surface area contributed by atoms with Gasteiger partial charge in [-0.2, -0.15) is 0 Å². The fourth-order valence-electron chi connectivity index (χ4n) is 3.17. The Morgan fingerprint density at radius 2 is 1.81 bits per heavy atom. The Morgan fingerprint density at radius 1 is 1.00 bits per heavy atom. The normalized spacial score (nSPS) is 11.0. The van der Waals surface area contributed by atoms with E-state index in [2.05, 4.69) is 4.98 Å². The van der Waals surface area contributed by atoms with E-state index in [4.69, 9.17) is 9.47 Å². The van der Waals surface area contributed by atoms with E-state index in [1.54, 1.807) is 42.5 Å². The van der Waals surface area contributed by atoms with Crippen molar-refractivity contribution in [1.29, 1.82) is 0 Å². The minimum atomic E-state index is -0.652. The molecule has 0 saturated carbocycles. The average Bonchev–Trinajstić information content (AvgIpc) is 2.78. The molecule has 1 aromatic heterocycles. The molecule has 0 aliphatic rings. The lowest BCUT2D eigenvalue weighted by molar-refractivity contribution is 0.400. The molecule has 1 heterocycles. The molecule has 3 aromatic carbocycles. The van der Waals surface area contributed by atoms with E-state index in [-0.39, 0.29) is 11.3 Å². The summed E-state index contributed by atoms with van der Waals surface area (Å²) in [6, 6.07) is 15.5. The SMILES string of the molecule is COc1ccc(OC)c(-n2c(SCc3ccc(F)cc3F)nc3ccccc3c2=O)c1. The van der Waals surface area contributed by atoms with Crippen molar-refractivity contribution in [2.24, 2.45) is 0 Å². The number of nitrogens with zero attached hydrogens (tertiary/aromatic N) is 2. The minimum absolute atomic E-state index is 0.156. The summed E-state index contributed by atoms with van der Waals surface area (Å²) in [5, 5.41) is 0.781. The first-order valence-corrected chi connectivity index (χ1v) is 10.3. The summed E-state index contributed by atoms with van der Waals surface area (Å²) in [5.41, 5.74) is 0.983. The highest BCUT2D eigenvalue weighted by molar-refractivity contribution is 7.98. The summed E-state index contributed by atoms with van der Waals surface area (Å²) in [7, 11) is 3.03. The van der Waals surface area contributed by atoms with Crippen LogP contribution in [-0.4, -0.2) is 23.8 Å². The standard InChI is InChI=1S/C23H18F2N2O3S/c1-29-16-9-10-21(30-2)20(12-16)27-22(28)17-5-3-4-6-19(17)26-23(27)31-13-14-7-8-15(24)11-18(14)25/h3-12H,13H2,1-2H3. The van der Waals surface area contributed by atoms with Crippen LogP contribution in [0.5, 0.6) is 11.5 Å². The number of hydrogen-bond donors (Lipinski definition) is 0. The van der Waals surface area contributed by atoms with Gasteiger partial charge in [0.2, 0.25) is 0 Å². The molecule has 31 heavy (non-hydrogen) atoms. The summed E-state index contributed by atoms with van der Waals surface area (Å²) in [6.45, 7) is 0. The van der Waals surface area contributed by atoms with Gasteiger partial charge in [0.05, 0.1) is 30.8 Å². The van der Waals surface area contributed by atoms with Crippen molar-refractivity contribution in [2.45, 2.75) is 10.9 Å². The maximum absolute atomic E-state index is 14.1. The molecule has 158 valence electrons. The molecule has 0 N–H and O–H groups in total. The summed E-state index contributed by atoms with van der Waals surface area (Å²) >= 11 is 1.17. The van der Waals surface area contributed by atoms with Crippen LogP contribution in [0, 0.1) is 11.6 Å². The number of fused-ring (bicyclic) bond motifs is 1. The van der Waals surface area contributed by atoms with Crippen molar-refractivity contribution in [2.75, 3.05) is 14.2 Å². The van der Waals surface area contributed by atoms with Crippen LogP contribution in [0.1, 0.15) is 5.56 Å². The van der Waals surface area contributed by atoms with Gasteiger partial charge in [-0.15, -0.1) is 0 Å². The quantitative estimate of drug-likeness (QED) is 0.313. The number of hydrogen-bond acceptors (Lipinski definition) is 5. The number of benzene rings is 3. The third kappa shape index (κ3) is 4.11. The zero-order chi connectivity index (χ0) is 22.0. The van der Waals surface area contributed by atoms with Gasteiger partial charge < -0.3 is 9.47 Å². The smallest absolute Gasteiger partial charge is 0.266 e. The molecule has 0 atom stereocenters. The van der Waals surface area contributed by atoms with Crippen molar-refractivity contribution < 1.29 is 18.3 Å². The third-order valence-corrected chi connectivity index (χ3v) is 5.73.